The van der Waals surface area contributed by atoms with Gasteiger partial charge in [0.25, 0.3) is 5.91 Å². The predicted molar refractivity (Wildman–Crippen MR) is 201 cm³/mol. The minimum absolute atomic E-state index is 0.125. The Bertz CT molecular complexity index is 1410. The van der Waals surface area contributed by atoms with Gasteiger partial charge in [-0.3, -0.25) is 28.8 Å². The largest absolute Gasteiger partial charge is 0.368 e. The van der Waals surface area contributed by atoms with Gasteiger partial charge in [0.15, 0.2) is 6.04 Å². The molecule has 0 aromatic heterocycles. The fourth-order valence-electron chi connectivity index (χ4n) is 5.72. The third kappa shape index (κ3) is 17.0. The molecule has 286 valence electrons. The van der Waals surface area contributed by atoms with Crippen LogP contribution < -0.4 is 38.5 Å². The molecular weight excluding hydrogens is 662 g/mol. The van der Waals surface area contributed by atoms with Gasteiger partial charge in [0.1, 0.15) is 12.1 Å². The zero-order valence-corrected chi connectivity index (χ0v) is 30.7. The number of hydrogen-bond acceptors (Lipinski definition) is 7. The quantitative estimate of drug-likeness (QED) is 0.0566. The highest BCUT2D eigenvalue weighted by Crippen LogP contribution is 2.13. The molecule has 13 nitrogen and oxygen atoms in total. The van der Waals surface area contributed by atoms with E-state index in [0.29, 0.717) is 25.8 Å². The normalized spacial score (nSPS) is 13.8. The van der Waals surface area contributed by atoms with Crippen LogP contribution >= 0.6 is 0 Å². The molecule has 6 amide bonds. The number of unbranched alkanes of at least 4 members (excludes halogenated alkanes) is 8. The van der Waals surface area contributed by atoms with E-state index >= 15 is 0 Å². The van der Waals surface area contributed by atoms with Crippen molar-refractivity contribution >= 4 is 35.4 Å². The van der Waals surface area contributed by atoms with Gasteiger partial charge in [-0.2, -0.15) is 0 Å². The molecule has 10 N–H and O–H groups in total. The Morgan fingerprint density at radius 3 is 1.65 bits per heavy atom. The zero-order chi connectivity index (χ0) is 38.3. The number of primary amides is 2. The van der Waals surface area contributed by atoms with Crippen molar-refractivity contribution in [3.05, 3.63) is 71.8 Å². The van der Waals surface area contributed by atoms with Crippen LogP contribution in [0.5, 0.6) is 0 Å². The molecule has 52 heavy (non-hydrogen) atoms. The molecular formula is C39H59N7O6. The molecule has 0 saturated carbocycles. The second-order valence-electron chi connectivity index (χ2n) is 13.4. The van der Waals surface area contributed by atoms with Crippen molar-refractivity contribution in [1.29, 1.82) is 0 Å². The second-order valence-corrected chi connectivity index (χ2v) is 13.4. The number of hydrogen-bond donors (Lipinski definition) is 7. The lowest BCUT2D eigenvalue weighted by Gasteiger charge is -2.26. The van der Waals surface area contributed by atoms with Crippen molar-refractivity contribution in [1.82, 2.24) is 21.3 Å². The molecule has 0 aliphatic rings. The Kier molecular flexibility index (Phi) is 20.4. The molecule has 1 unspecified atom stereocenters. The lowest BCUT2D eigenvalue weighted by Crippen LogP contribution is -2.57. The number of nitrogens with one attached hydrogen (secondary N) is 4. The van der Waals surface area contributed by atoms with E-state index in [9.17, 15) is 28.8 Å². The Labute approximate surface area is 308 Å². The van der Waals surface area contributed by atoms with E-state index in [4.69, 9.17) is 17.2 Å². The van der Waals surface area contributed by atoms with Gasteiger partial charge in [0.05, 0.1) is 6.04 Å². The summed E-state index contributed by atoms with van der Waals surface area (Å²) in [5.41, 5.74) is 18.6. The maximum Gasteiger partial charge on any atom is 0.252 e. The Hall–Kier alpha value is -4.78. The van der Waals surface area contributed by atoms with Gasteiger partial charge in [-0.05, 0) is 36.3 Å². The van der Waals surface area contributed by atoms with E-state index in [2.05, 4.69) is 21.3 Å². The van der Waals surface area contributed by atoms with Crippen molar-refractivity contribution in [3.8, 4) is 0 Å². The van der Waals surface area contributed by atoms with Crippen LogP contribution in [0.2, 0.25) is 0 Å². The monoisotopic (exact) mass is 721 g/mol. The summed E-state index contributed by atoms with van der Waals surface area (Å²) in [6.07, 6.45) is 9.87. The summed E-state index contributed by atoms with van der Waals surface area (Å²) < 4.78 is 0. The Balaban J connectivity index is 1.58. The van der Waals surface area contributed by atoms with Crippen molar-refractivity contribution in [3.63, 3.8) is 0 Å². The number of carbonyl (C=O) groups is 6. The van der Waals surface area contributed by atoms with Gasteiger partial charge < -0.3 is 38.5 Å². The first-order valence-corrected chi connectivity index (χ1v) is 18.5. The van der Waals surface area contributed by atoms with Gasteiger partial charge >= 0.3 is 0 Å². The molecule has 0 fully saturated rings. The van der Waals surface area contributed by atoms with Crippen molar-refractivity contribution in [2.45, 2.75) is 121 Å². The minimum Gasteiger partial charge on any atom is -0.368 e. The summed E-state index contributed by atoms with van der Waals surface area (Å²) in [4.78, 5) is 74.8. The maximum atomic E-state index is 13.1. The first kappa shape index (κ1) is 43.4. The third-order valence-corrected chi connectivity index (χ3v) is 9.10. The van der Waals surface area contributed by atoms with Gasteiger partial charge in [0, 0.05) is 19.4 Å². The van der Waals surface area contributed by atoms with Crippen LogP contribution in [-0.2, 0) is 41.6 Å². The molecule has 0 heterocycles. The Morgan fingerprint density at radius 2 is 1.13 bits per heavy atom. The highest BCUT2D eigenvalue weighted by atomic mass is 16.2. The number of amides is 6. The molecule has 2 aromatic rings. The number of nitrogens with two attached hydrogens (primary N) is 3. The molecule has 2 aromatic carbocycles. The van der Waals surface area contributed by atoms with Gasteiger partial charge in [-0.25, -0.2) is 0 Å². The predicted octanol–water partition coefficient (Wildman–Crippen LogP) is 2.29. The highest BCUT2D eigenvalue weighted by Gasteiger charge is 2.30. The fraction of sp³-hybridized carbons (Fsp3) is 0.538. The molecule has 0 aliphatic heterocycles. The van der Waals surface area contributed by atoms with E-state index in [0.717, 1.165) is 62.5 Å². The standard InChI is InChI=1S/C39H59N7O6/c1-3-27(2)33(39(52)44-31(35(41)48)26-29-21-15-12-16-22-29)45-32(47)23-17-9-7-5-4-6-8-10-18-24-43-38(51)34(36(42)49)46-37(50)30(40)25-28-19-13-11-14-20-28/h11-16,19-22,27,30-31,33-34H,3-10,17-18,23-26,40H2,1-2H3,(H2,41,48)(H2,42,49)(H,43,51)(H,44,52)(H,45,47)(H,46,50)/t27?,30-,31-,33-,34-/m0/s1. The van der Waals surface area contributed by atoms with Crippen molar-refractivity contribution in [2.75, 3.05) is 6.54 Å². The van der Waals surface area contributed by atoms with Crippen LogP contribution in [0.1, 0.15) is 95.6 Å². The van der Waals surface area contributed by atoms with Crippen LogP contribution in [0.25, 0.3) is 0 Å². The summed E-state index contributed by atoms with van der Waals surface area (Å²) >= 11 is 0. The summed E-state index contributed by atoms with van der Waals surface area (Å²) in [5.74, 6) is -3.60. The third-order valence-electron chi connectivity index (χ3n) is 9.10. The first-order valence-electron chi connectivity index (χ1n) is 18.5. The smallest absolute Gasteiger partial charge is 0.252 e. The maximum absolute atomic E-state index is 13.1. The molecule has 0 saturated heterocycles. The summed E-state index contributed by atoms with van der Waals surface area (Å²) in [5, 5.41) is 10.7. The molecule has 2 rings (SSSR count). The van der Waals surface area contributed by atoms with E-state index in [1.807, 2.05) is 74.5 Å². The summed E-state index contributed by atoms with van der Waals surface area (Å²) in [7, 11) is 0. The van der Waals surface area contributed by atoms with E-state index in [1.54, 1.807) is 0 Å². The number of benzene rings is 2. The van der Waals surface area contributed by atoms with Crippen molar-refractivity contribution < 1.29 is 28.8 Å². The fourth-order valence-corrected chi connectivity index (χ4v) is 5.72. The second kappa shape index (κ2) is 24.4. The molecule has 13 heteroatoms. The number of rotatable bonds is 26. The molecule has 5 atom stereocenters. The SMILES string of the molecule is CCC(C)[C@H](NC(=O)CCCCCCCCCCCNC(=O)[C@@H](NC(=O)[C@@H](N)Cc1ccccc1)C(N)=O)C(=O)N[C@@H](Cc1ccccc1)C(N)=O. The molecule has 0 spiro atoms. The van der Waals surface area contributed by atoms with Gasteiger partial charge in [-0.1, -0.05) is 126 Å². The van der Waals surface area contributed by atoms with Crippen LogP contribution in [-0.4, -0.2) is 66.2 Å². The average Bonchev–Trinajstić information content (AvgIpc) is 3.12. The summed E-state index contributed by atoms with van der Waals surface area (Å²) in [6, 6.07) is 14.4. The zero-order valence-electron chi connectivity index (χ0n) is 30.7. The molecule has 0 radical (unpaired) electrons. The van der Waals surface area contributed by atoms with E-state index in [-0.39, 0.29) is 24.7 Å². The lowest BCUT2D eigenvalue weighted by atomic mass is 9.97. The Morgan fingerprint density at radius 1 is 0.615 bits per heavy atom. The topological polar surface area (TPSA) is 229 Å². The minimum atomic E-state index is -1.49. The summed E-state index contributed by atoms with van der Waals surface area (Å²) in [6.45, 7) is 4.19. The van der Waals surface area contributed by atoms with E-state index in [1.165, 1.54) is 0 Å². The first-order chi connectivity index (χ1) is 24.9. The van der Waals surface area contributed by atoms with Crippen LogP contribution in [0.4, 0.5) is 0 Å². The average molecular weight is 722 g/mol. The molecule has 0 bridgehead atoms. The van der Waals surface area contributed by atoms with Crippen LogP contribution in [0.3, 0.4) is 0 Å². The van der Waals surface area contributed by atoms with Crippen molar-refractivity contribution in [2.24, 2.45) is 23.1 Å². The van der Waals surface area contributed by atoms with Crippen LogP contribution in [0, 0.1) is 5.92 Å². The van der Waals surface area contributed by atoms with E-state index < -0.39 is 53.7 Å². The van der Waals surface area contributed by atoms with Gasteiger partial charge in [-0.15, -0.1) is 0 Å². The van der Waals surface area contributed by atoms with Crippen LogP contribution in [0.15, 0.2) is 60.7 Å². The number of carbonyl (C=O) groups excluding carboxylic acids is 6. The molecule has 0 aliphatic carbocycles. The van der Waals surface area contributed by atoms with Gasteiger partial charge in [0.2, 0.25) is 29.5 Å². The highest BCUT2D eigenvalue weighted by molar-refractivity contribution is 6.06. The lowest BCUT2D eigenvalue weighted by molar-refractivity contribution is -0.135.